The molecule has 2 rings (SSSR count). The minimum absolute atomic E-state index is 0.506. The van der Waals surface area contributed by atoms with Crippen LogP contribution in [0, 0.1) is 0 Å². The molecule has 0 atom stereocenters. The van der Waals surface area contributed by atoms with Crippen molar-refractivity contribution in [3.63, 3.8) is 0 Å². The van der Waals surface area contributed by atoms with E-state index in [0.29, 0.717) is 37.9 Å². The van der Waals surface area contributed by atoms with Crippen LogP contribution in [0.1, 0.15) is 11.1 Å². The van der Waals surface area contributed by atoms with Crippen molar-refractivity contribution in [2.45, 2.75) is 13.2 Å². The van der Waals surface area contributed by atoms with E-state index in [1.165, 1.54) is 0 Å². The molecule has 0 fully saturated rings. The molecule has 0 heterocycles. The second-order valence-electron chi connectivity index (χ2n) is 5.14. The molecule has 0 aliphatic heterocycles. The average Bonchev–Trinajstić information content (AvgIpc) is 2.64. The lowest BCUT2D eigenvalue weighted by Gasteiger charge is -2.10. The zero-order chi connectivity index (χ0) is 17.2. The standard InChI is InChI=1S/C19H24O5/c1-20-17-7-4-15(5-8-17)13-23-10-11-24-14-16-6-9-18(21-2)19(12-16)22-3/h4-9,12H,10-11,13-14H2,1-3H3. The molecule has 0 spiro atoms. The van der Waals surface area contributed by atoms with E-state index in [1.54, 1.807) is 21.3 Å². The second kappa shape index (κ2) is 9.80. The van der Waals surface area contributed by atoms with Gasteiger partial charge in [0.2, 0.25) is 0 Å². The van der Waals surface area contributed by atoms with Crippen LogP contribution in [-0.4, -0.2) is 34.5 Å². The fourth-order valence-corrected chi connectivity index (χ4v) is 2.19. The topological polar surface area (TPSA) is 46.2 Å². The minimum atomic E-state index is 0.506. The van der Waals surface area contributed by atoms with Gasteiger partial charge in [-0.2, -0.15) is 0 Å². The van der Waals surface area contributed by atoms with Crippen molar-refractivity contribution < 1.29 is 23.7 Å². The van der Waals surface area contributed by atoms with Crippen LogP contribution in [0.25, 0.3) is 0 Å². The van der Waals surface area contributed by atoms with Crippen molar-refractivity contribution in [1.29, 1.82) is 0 Å². The summed E-state index contributed by atoms with van der Waals surface area (Å²) >= 11 is 0. The molecule has 0 saturated heterocycles. The summed E-state index contributed by atoms with van der Waals surface area (Å²) < 4.78 is 26.8. The lowest BCUT2D eigenvalue weighted by atomic mass is 10.2. The number of hydrogen-bond donors (Lipinski definition) is 0. The number of hydrogen-bond acceptors (Lipinski definition) is 5. The monoisotopic (exact) mass is 332 g/mol. The highest BCUT2D eigenvalue weighted by molar-refractivity contribution is 5.42. The molecule has 2 aromatic carbocycles. The van der Waals surface area contributed by atoms with Crippen molar-refractivity contribution in [3.05, 3.63) is 53.6 Å². The van der Waals surface area contributed by atoms with Crippen LogP contribution in [-0.2, 0) is 22.7 Å². The molecule has 5 heteroatoms. The minimum Gasteiger partial charge on any atom is -0.497 e. The zero-order valence-electron chi connectivity index (χ0n) is 14.4. The van der Waals surface area contributed by atoms with Gasteiger partial charge in [0.15, 0.2) is 11.5 Å². The van der Waals surface area contributed by atoms with Crippen molar-refractivity contribution in [2.75, 3.05) is 34.5 Å². The smallest absolute Gasteiger partial charge is 0.161 e. The molecule has 0 unspecified atom stereocenters. The van der Waals surface area contributed by atoms with Crippen LogP contribution in [0.4, 0.5) is 0 Å². The first-order valence-corrected chi connectivity index (χ1v) is 7.76. The third-order valence-corrected chi connectivity index (χ3v) is 3.52. The maximum Gasteiger partial charge on any atom is 0.161 e. The lowest BCUT2D eigenvalue weighted by Crippen LogP contribution is -2.04. The summed E-state index contributed by atoms with van der Waals surface area (Å²) in [5.41, 5.74) is 2.14. The van der Waals surface area contributed by atoms with Crippen LogP contribution < -0.4 is 14.2 Å². The van der Waals surface area contributed by atoms with Crippen molar-refractivity contribution in [3.8, 4) is 17.2 Å². The summed E-state index contributed by atoms with van der Waals surface area (Å²) in [4.78, 5) is 0. The summed E-state index contributed by atoms with van der Waals surface area (Å²) in [5.74, 6) is 2.26. The summed E-state index contributed by atoms with van der Waals surface area (Å²) in [6.07, 6.45) is 0. The van der Waals surface area contributed by atoms with E-state index in [-0.39, 0.29) is 0 Å². The zero-order valence-corrected chi connectivity index (χ0v) is 14.4. The maximum absolute atomic E-state index is 5.63. The molecule has 0 N–H and O–H groups in total. The molecule has 0 saturated carbocycles. The van der Waals surface area contributed by atoms with Crippen LogP contribution >= 0.6 is 0 Å². The van der Waals surface area contributed by atoms with E-state index in [2.05, 4.69) is 0 Å². The Balaban J connectivity index is 1.65. The Labute approximate surface area is 143 Å². The molecule has 0 aromatic heterocycles. The van der Waals surface area contributed by atoms with Crippen molar-refractivity contribution >= 4 is 0 Å². The van der Waals surface area contributed by atoms with Crippen LogP contribution in [0.3, 0.4) is 0 Å². The van der Waals surface area contributed by atoms with Crippen molar-refractivity contribution in [2.24, 2.45) is 0 Å². The van der Waals surface area contributed by atoms with Gasteiger partial charge in [0.1, 0.15) is 5.75 Å². The van der Waals surface area contributed by atoms with Gasteiger partial charge in [0.25, 0.3) is 0 Å². The molecule has 24 heavy (non-hydrogen) atoms. The first-order valence-electron chi connectivity index (χ1n) is 7.76. The molecular formula is C19H24O5. The fourth-order valence-electron chi connectivity index (χ4n) is 2.19. The van der Waals surface area contributed by atoms with Gasteiger partial charge in [-0.1, -0.05) is 18.2 Å². The summed E-state index contributed by atoms with van der Waals surface area (Å²) in [7, 11) is 4.89. The van der Waals surface area contributed by atoms with E-state index >= 15 is 0 Å². The summed E-state index contributed by atoms with van der Waals surface area (Å²) in [6.45, 7) is 2.14. The van der Waals surface area contributed by atoms with Gasteiger partial charge in [0, 0.05) is 0 Å². The van der Waals surface area contributed by atoms with Crippen molar-refractivity contribution in [1.82, 2.24) is 0 Å². The number of methoxy groups -OCH3 is 3. The van der Waals surface area contributed by atoms with E-state index < -0.39 is 0 Å². The molecular weight excluding hydrogens is 308 g/mol. The first-order chi connectivity index (χ1) is 11.8. The molecule has 0 aliphatic rings. The van der Waals surface area contributed by atoms with Gasteiger partial charge in [-0.15, -0.1) is 0 Å². The quantitative estimate of drug-likeness (QED) is 0.624. The predicted octanol–water partition coefficient (Wildman–Crippen LogP) is 3.45. The third-order valence-electron chi connectivity index (χ3n) is 3.52. The third kappa shape index (κ3) is 5.44. The molecule has 0 radical (unpaired) electrons. The number of benzene rings is 2. The predicted molar refractivity (Wildman–Crippen MR) is 91.9 cm³/mol. The van der Waals surface area contributed by atoms with Crippen LogP contribution in [0.2, 0.25) is 0 Å². The molecule has 0 bridgehead atoms. The maximum atomic E-state index is 5.63. The summed E-state index contributed by atoms with van der Waals surface area (Å²) in [6, 6.07) is 13.6. The molecule has 0 aliphatic carbocycles. The first kappa shape index (κ1) is 18.1. The van der Waals surface area contributed by atoms with Gasteiger partial charge in [-0.25, -0.2) is 0 Å². The van der Waals surface area contributed by atoms with E-state index in [4.69, 9.17) is 23.7 Å². The highest BCUT2D eigenvalue weighted by Crippen LogP contribution is 2.27. The SMILES string of the molecule is COc1ccc(COCCOCc2ccc(OC)c(OC)c2)cc1. The van der Waals surface area contributed by atoms with Crippen LogP contribution in [0.5, 0.6) is 17.2 Å². The van der Waals surface area contributed by atoms with E-state index in [9.17, 15) is 0 Å². The average molecular weight is 332 g/mol. The second-order valence-corrected chi connectivity index (χ2v) is 5.14. The Hall–Kier alpha value is -2.24. The Morgan fingerprint density at radius 3 is 1.79 bits per heavy atom. The Kier molecular flexibility index (Phi) is 7.39. The number of ether oxygens (including phenoxy) is 5. The summed E-state index contributed by atoms with van der Waals surface area (Å²) in [5, 5.41) is 0. The van der Waals surface area contributed by atoms with Gasteiger partial charge in [0.05, 0.1) is 47.8 Å². The molecule has 0 amide bonds. The Morgan fingerprint density at radius 2 is 1.21 bits per heavy atom. The largest absolute Gasteiger partial charge is 0.497 e. The molecule has 130 valence electrons. The van der Waals surface area contributed by atoms with Gasteiger partial charge in [-0.3, -0.25) is 0 Å². The van der Waals surface area contributed by atoms with Gasteiger partial charge >= 0.3 is 0 Å². The number of rotatable bonds is 10. The van der Waals surface area contributed by atoms with Gasteiger partial charge < -0.3 is 23.7 Å². The van der Waals surface area contributed by atoms with E-state index in [0.717, 1.165) is 16.9 Å². The highest BCUT2D eigenvalue weighted by atomic mass is 16.5. The molecule has 2 aromatic rings. The highest BCUT2D eigenvalue weighted by Gasteiger charge is 2.04. The fraction of sp³-hybridized carbons (Fsp3) is 0.368. The Morgan fingerprint density at radius 1 is 0.625 bits per heavy atom. The van der Waals surface area contributed by atoms with Gasteiger partial charge in [-0.05, 0) is 35.4 Å². The van der Waals surface area contributed by atoms with E-state index in [1.807, 2.05) is 42.5 Å². The molecule has 5 nitrogen and oxygen atoms in total. The van der Waals surface area contributed by atoms with Crippen LogP contribution in [0.15, 0.2) is 42.5 Å². The lowest BCUT2D eigenvalue weighted by molar-refractivity contribution is 0.0338. The Bertz CT molecular complexity index is 610. The normalized spacial score (nSPS) is 10.5.